The number of hydrogen-bond acceptors (Lipinski definition) is 4. The second kappa shape index (κ2) is 6.04. The van der Waals surface area contributed by atoms with Gasteiger partial charge in [-0.3, -0.25) is 0 Å². The highest BCUT2D eigenvalue weighted by molar-refractivity contribution is 5.70. The lowest BCUT2D eigenvalue weighted by Gasteiger charge is -2.01. The first-order valence-corrected chi connectivity index (χ1v) is 7.69. The Hall–Kier alpha value is -3.34. The van der Waals surface area contributed by atoms with Crippen molar-refractivity contribution in [1.29, 1.82) is 0 Å². The predicted octanol–water partition coefficient (Wildman–Crippen LogP) is 5.12. The van der Waals surface area contributed by atoms with E-state index in [2.05, 4.69) is 15.3 Å². The van der Waals surface area contributed by atoms with Crippen LogP contribution in [0.3, 0.4) is 0 Å². The van der Waals surface area contributed by atoms with E-state index in [4.69, 9.17) is 4.98 Å². The molecule has 2 heterocycles. The molecule has 4 rings (SSSR count). The summed E-state index contributed by atoms with van der Waals surface area (Å²) in [5, 5.41) is 13.1. The molecule has 0 saturated carbocycles. The summed E-state index contributed by atoms with van der Waals surface area (Å²) in [4.78, 5) is 4.73. The SMILES string of the molecule is Cc1nn2ccc(-c3ccccc3)nc2c1N=Nc1ccccc1. The summed E-state index contributed by atoms with van der Waals surface area (Å²) in [6.45, 7) is 1.91. The zero-order chi connectivity index (χ0) is 16.4. The van der Waals surface area contributed by atoms with Gasteiger partial charge in [0.2, 0.25) is 0 Å². The molecule has 0 aliphatic carbocycles. The zero-order valence-electron chi connectivity index (χ0n) is 13.2. The van der Waals surface area contributed by atoms with Crippen molar-refractivity contribution in [2.75, 3.05) is 0 Å². The van der Waals surface area contributed by atoms with Crippen molar-refractivity contribution in [1.82, 2.24) is 14.6 Å². The number of azo groups is 1. The van der Waals surface area contributed by atoms with Crippen LogP contribution in [0.4, 0.5) is 11.4 Å². The van der Waals surface area contributed by atoms with Gasteiger partial charge in [-0.25, -0.2) is 9.50 Å². The number of nitrogens with zero attached hydrogens (tertiary/aromatic N) is 5. The standard InChI is InChI=1S/C19H15N5/c1-14-18(22-21-16-10-6-3-7-11-16)19-20-17(12-13-24(19)23-14)15-8-4-2-5-9-15/h2-13H,1H3. The van der Waals surface area contributed by atoms with Gasteiger partial charge in [0.15, 0.2) is 11.3 Å². The fourth-order valence-electron chi connectivity index (χ4n) is 2.52. The maximum Gasteiger partial charge on any atom is 0.183 e. The van der Waals surface area contributed by atoms with E-state index >= 15 is 0 Å². The Labute approximate surface area is 139 Å². The minimum absolute atomic E-state index is 0.691. The van der Waals surface area contributed by atoms with Crippen LogP contribution in [0.5, 0.6) is 0 Å². The molecule has 4 aromatic rings. The van der Waals surface area contributed by atoms with Gasteiger partial charge in [-0.15, -0.1) is 5.11 Å². The topological polar surface area (TPSA) is 54.9 Å². The van der Waals surface area contributed by atoms with Gasteiger partial charge in [0, 0.05) is 11.8 Å². The number of fused-ring (bicyclic) bond motifs is 1. The summed E-state index contributed by atoms with van der Waals surface area (Å²) in [6.07, 6.45) is 1.90. The Kier molecular flexibility index (Phi) is 3.59. The number of rotatable bonds is 3. The minimum Gasteiger partial charge on any atom is -0.226 e. The summed E-state index contributed by atoms with van der Waals surface area (Å²) >= 11 is 0. The van der Waals surface area contributed by atoms with Crippen LogP contribution >= 0.6 is 0 Å². The van der Waals surface area contributed by atoms with Crippen molar-refractivity contribution in [2.45, 2.75) is 6.92 Å². The van der Waals surface area contributed by atoms with Crippen LogP contribution in [0.2, 0.25) is 0 Å². The van der Waals surface area contributed by atoms with Gasteiger partial charge in [0.1, 0.15) is 0 Å². The minimum atomic E-state index is 0.691. The maximum atomic E-state index is 4.73. The third kappa shape index (κ3) is 2.67. The molecule has 0 spiro atoms. The monoisotopic (exact) mass is 313 g/mol. The van der Waals surface area contributed by atoms with Crippen LogP contribution in [0.15, 0.2) is 83.2 Å². The highest BCUT2D eigenvalue weighted by Gasteiger charge is 2.11. The normalized spacial score (nSPS) is 11.4. The summed E-state index contributed by atoms with van der Waals surface area (Å²) in [7, 11) is 0. The number of benzene rings is 2. The fourth-order valence-corrected chi connectivity index (χ4v) is 2.52. The number of aromatic nitrogens is 3. The first-order chi connectivity index (χ1) is 11.8. The van der Waals surface area contributed by atoms with Crippen molar-refractivity contribution in [3.8, 4) is 11.3 Å². The lowest BCUT2D eigenvalue weighted by molar-refractivity contribution is 0.918. The van der Waals surface area contributed by atoms with E-state index in [1.54, 1.807) is 4.52 Å². The van der Waals surface area contributed by atoms with Gasteiger partial charge in [0.05, 0.1) is 17.1 Å². The highest BCUT2D eigenvalue weighted by Crippen LogP contribution is 2.27. The average molecular weight is 313 g/mol. The van der Waals surface area contributed by atoms with Crippen molar-refractivity contribution < 1.29 is 0 Å². The Balaban J connectivity index is 1.80. The first-order valence-electron chi connectivity index (χ1n) is 7.69. The van der Waals surface area contributed by atoms with E-state index in [9.17, 15) is 0 Å². The van der Waals surface area contributed by atoms with E-state index in [1.165, 1.54) is 0 Å². The molecule has 0 amide bonds. The van der Waals surface area contributed by atoms with Crippen LogP contribution < -0.4 is 0 Å². The molecule has 2 aromatic heterocycles. The Morgan fingerprint density at radius 3 is 2.29 bits per heavy atom. The second-order valence-electron chi connectivity index (χ2n) is 5.42. The third-order valence-electron chi connectivity index (χ3n) is 3.72. The molecule has 0 aliphatic heterocycles. The highest BCUT2D eigenvalue weighted by atomic mass is 15.3. The molecule has 24 heavy (non-hydrogen) atoms. The molecule has 5 heteroatoms. The fraction of sp³-hybridized carbons (Fsp3) is 0.0526. The van der Waals surface area contributed by atoms with Gasteiger partial charge in [-0.05, 0) is 25.1 Å². The maximum absolute atomic E-state index is 4.73. The number of hydrogen-bond donors (Lipinski definition) is 0. The Morgan fingerprint density at radius 1 is 0.833 bits per heavy atom. The summed E-state index contributed by atoms with van der Waals surface area (Å²) in [6, 6.07) is 21.6. The van der Waals surface area contributed by atoms with Gasteiger partial charge in [-0.2, -0.15) is 10.2 Å². The lowest BCUT2D eigenvalue weighted by Crippen LogP contribution is -1.91. The molecule has 0 aliphatic rings. The van der Waals surface area contributed by atoms with Crippen molar-refractivity contribution in [3.05, 3.63) is 78.6 Å². The van der Waals surface area contributed by atoms with Gasteiger partial charge in [-0.1, -0.05) is 48.5 Å². The van der Waals surface area contributed by atoms with Crippen LogP contribution in [0, 0.1) is 6.92 Å². The number of aryl methyl sites for hydroxylation is 1. The molecule has 0 N–H and O–H groups in total. The summed E-state index contributed by atoms with van der Waals surface area (Å²) in [5.41, 5.74) is 4.94. The molecule has 0 radical (unpaired) electrons. The smallest absolute Gasteiger partial charge is 0.183 e. The zero-order valence-corrected chi connectivity index (χ0v) is 13.2. The van der Waals surface area contributed by atoms with Gasteiger partial charge >= 0.3 is 0 Å². The van der Waals surface area contributed by atoms with E-state index < -0.39 is 0 Å². The molecule has 5 nitrogen and oxygen atoms in total. The lowest BCUT2D eigenvalue weighted by atomic mass is 10.1. The van der Waals surface area contributed by atoms with Crippen molar-refractivity contribution in [3.63, 3.8) is 0 Å². The van der Waals surface area contributed by atoms with Crippen LogP contribution in [-0.4, -0.2) is 14.6 Å². The third-order valence-corrected chi connectivity index (χ3v) is 3.72. The Morgan fingerprint density at radius 2 is 1.54 bits per heavy atom. The summed E-state index contributed by atoms with van der Waals surface area (Å²) < 4.78 is 1.74. The van der Waals surface area contributed by atoms with Crippen molar-refractivity contribution in [2.24, 2.45) is 10.2 Å². The van der Waals surface area contributed by atoms with E-state index in [1.807, 2.05) is 79.9 Å². The van der Waals surface area contributed by atoms with E-state index in [0.29, 0.717) is 11.3 Å². The largest absolute Gasteiger partial charge is 0.226 e. The average Bonchev–Trinajstić information content (AvgIpc) is 2.96. The molecule has 0 bridgehead atoms. The second-order valence-corrected chi connectivity index (χ2v) is 5.42. The van der Waals surface area contributed by atoms with Gasteiger partial charge in [0.25, 0.3) is 0 Å². The molecular formula is C19H15N5. The summed E-state index contributed by atoms with van der Waals surface area (Å²) in [5.74, 6) is 0. The van der Waals surface area contributed by atoms with E-state index in [0.717, 1.165) is 22.6 Å². The molecular weight excluding hydrogens is 298 g/mol. The Bertz CT molecular complexity index is 1000. The molecule has 0 saturated heterocycles. The van der Waals surface area contributed by atoms with Crippen molar-refractivity contribution >= 4 is 17.0 Å². The predicted molar refractivity (Wildman–Crippen MR) is 93.8 cm³/mol. The quantitative estimate of drug-likeness (QED) is 0.493. The molecule has 116 valence electrons. The van der Waals surface area contributed by atoms with E-state index in [-0.39, 0.29) is 0 Å². The van der Waals surface area contributed by atoms with Gasteiger partial charge < -0.3 is 0 Å². The molecule has 0 unspecified atom stereocenters. The van der Waals surface area contributed by atoms with Crippen LogP contribution in [0.25, 0.3) is 16.9 Å². The van der Waals surface area contributed by atoms with Crippen LogP contribution in [0.1, 0.15) is 5.69 Å². The molecule has 0 fully saturated rings. The first kappa shape index (κ1) is 14.3. The van der Waals surface area contributed by atoms with Crippen LogP contribution in [-0.2, 0) is 0 Å². The molecule has 2 aromatic carbocycles. The molecule has 0 atom stereocenters.